The molecule has 0 atom stereocenters. The first-order valence-electron chi connectivity index (χ1n) is 7.80. The zero-order valence-electron chi connectivity index (χ0n) is 13.3. The second-order valence-corrected chi connectivity index (χ2v) is 7.65. The Hall–Kier alpha value is -0.0800. The van der Waals surface area contributed by atoms with Gasteiger partial charge in [0, 0.05) is 0 Å². The zero-order chi connectivity index (χ0) is 13.6. The molecule has 0 aromatic rings. The summed E-state index contributed by atoms with van der Waals surface area (Å²) in [5, 5.41) is 3.61. The van der Waals surface area contributed by atoms with E-state index in [2.05, 4.69) is 44.8 Å². The Morgan fingerprint density at radius 3 is 2.28 bits per heavy atom. The SMILES string of the molecule is CC(C)CNCC1CCN(CCC(C)(C)C)CC1. The van der Waals surface area contributed by atoms with Gasteiger partial charge >= 0.3 is 0 Å². The smallest absolute Gasteiger partial charge is 0.00137 e. The van der Waals surface area contributed by atoms with E-state index in [4.69, 9.17) is 0 Å². The van der Waals surface area contributed by atoms with Crippen molar-refractivity contribution < 1.29 is 0 Å². The fourth-order valence-electron chi connectivity index (χ4n) is 2.48. The monoisotopic (exact) mass is 254 g/mol. The quantitative estimate of drug-likeness (QED) is 0.782. The van der Waals surface area contributed by atoms with E-state index in [1.807, 2.05) is 0 Å². The maximum Gasteiger partial charge on any atom is -0.00137 e. The molecule has 1 aliphatic heterocycles. The van der Waals surface area contributed by atoms with Crippen molar-refractivity contribution in [2.75, 3.05) is 32.7 Å². The largest absolute Gasteiger partial charge is 0.316 e. The first kappa shape index (κ1) is 16.0. The number of nitrogens with zero attached hydrogens (tertiary/aromatic N) is 1. The van der Waals surface area contributed by atoms with Crippen molar-refractivity contribution in [3.8, 4) is 0 Å². The topological polar surface area (TPSA) is 15.3 Å². The van der Waals surface area contributed by atoms with Gasteiger partial charge in [-0.2, -0.15) is 0 Å². The summed E-state index contributed by atoms with van der Waals surface area (Å²) in [5.74, 6) is 1.69. The number of likely N-dealkylation sites (tertiary alicyclic amines) is 1. The molecule has 0 aromatic heterocycles. The van der Waals surface area contributed by atoms with Gasteiger partial charge in [-0.1, -0.05) is 34.6 Å². The maximum absolute atomic E-state index is 3.61. The summed E-state index contributed by atoms with van der Waals surface area (Å²) in [4.78, 5) is 2.66. The van der Waals surface area contributed by atoms with Crippen molar-refractivity contribution in [3.63, 3.8) is 0 Å². The molecule has 0 aliphatic carbocycles. The second-order valence-electron chi connectivity index (χ2n) is 7.65. The van der Waals surface area contributed by atoms with E-state index in [1.54, 1.807) is 0 Å². The standard InChI is InChI=1S/C16H34N2/c1-14(2)12-17-13-15-6-9-18(10-7-15)11-8-16(3,4)5/h14-15,17H,6-13H2,1-5H3. The van der Waals surface area contributed by atoms with Crippen LogP contribution in [0.3, 0.4) is 0 Å². The minimum Gasteiger partial charge on any atom is -0.316 e. The summed E-state index contributed by atoms with van der Waals surface area (Å²) in [6, 6.07) is 0. The summed E-state index contributed by atoms with van der Waals surface area (Å²) >= 11 is 0. The van der Waals surface area contributed by atoms with Gasteiger partial charge in [0.1, 0.15) is 0 Å². The molecular formula is C16H34N2. The van der Waals surface area contributed by atoms with Gasteiger partial charge in [-0.3, -0.25) is 0 Å². The molecule has 0 aromatic carbocycles. The van der Waals surface area contributed by atoms with Crippen LogP contribution in [0.2, 0.25) is 0 Å². The third kappa shape index (κ3) is 7.38. The number of nitrogens with one attached hydrogen (secondary N) is 1. The third-order valence-electron chi connectivity index (χ3n) is 3.87. The van der Waals surface area contributed by atoms with Crippen LogP contribution in [0.5, 0.6) is 0 Å². The van der Waals surface area contributed by atoms with E-state index < -0.39 is 0 Å². The van der Waals surface area contributed by atoms with Crippen molar-refractivity contribution in [2.24, 2.45) is 17.3 Å². The molecular weight excluding hydrogens is 220 g/mol. The van der Waals surface area contributed by atoms with Crippen LogP contribution in [0.15, 0.2) is 0 Å². The van der Waals surface area contributed by atoms with Crippen LogP contribution < -0.4 is 5.32 Å². The van der Waals surface area contributed by atoms with Crippen LogP contribution in [-0.4, -0.2) is 37.6 Å². The molecule has 0 spiro atoms. The van der Waals surface area contributed by atoms with Crippen molar-refractivity contribution in [2.45, 2.75) is 53.9 Å². The van der Waals surface area contributed by atoms with Crippen LogP contribution in [0.4, 0.5) is 0 Å². The predicted molar refractivity (Wildman–Crippen MR) is 80.9 cm³/mol. The van der Waals surface area contributed by atoms with Crippen LogP contribution in [-0.2, 0) is 0 Å². The minimum absolute atomic E-state index is 0.482. The van der Waals surface area contributed by atoms with Gasteiger partial charge in [0.25, 0.3) is 0 Å². The Labute approximate surface area is 115 Å². The average molecular weight is 254 g/mol. The van der Waals surface area contributed by atoms with Gasteiger partial charge in [-0.15, -0.1) is 0 Å². The Balaban J connectivity index is 2.09. The molecule has 1 saturated heterocycles. The third-order valence-corrected chi connectivity index (χ3v) is 3.87. The maximum atomic E-state index is 3.61. The lowest BCUT2D eigenvalue weighted by molar-refractivity contribution is 0.162. The molecule has 18 heavy (non-hydrogen) atoms. The molecule has 1 rings (SSSR count). The molecule has 2 heteroatoms. The molecule has 1 N–H and O–H groups in total. The molecule has 0 saturated carbocycles. The highest BCUT2D eigenvalue weighted by molar-refractivity contribution is 4.75. The van der Waals surface area contributed by atoms with E-state index in [0.717, 1.165) is 11.8 Å². The van der Waals surface area contributed by atoms with Gasteiger partial charge in [0.15, 0.2) is 0 Å². The van der Waals surface area contributed by atoms with Gasteiger partial charge in [-0.25, -0.2) is 0 Å². The van der Waals surface area contributed by atoms with E-state index in [9.17, 15) is 0 Å². The highest BCUT2D eigenvalue weighted by atomic mass is 15.1. The van der Waals surface area contributed by atoms with Crippen LogP contribution in [0.25, 0.3) is 0 Å². The molecule has 0 unspecified atom stereocenters. The number of rotatable bonds is 6. The summed E-state index contributed by atoms with van der Waals surface area (Å²) in [5.41, 5.74) is 0.482. The molecule has 1 fully saturated rings. The Kier molecular flexibility index (Phi) is 6.65. The molecule has 0 bridgehead atoms. The molecule has 1 aliphatic rings. The predicted octanol–water partition coefficient (Wildman–Crippen LogP) is 3.38. The number of piperidine rings is 1. The first-order chi connectivity index (χ1) is 8.37. The van der Waals surface area contributed by atoms with Gasteiger partial charge in [0.2, 0.25) is 0 Å². The summed E-state index contributed by atoms with van der Waals surface area (Å²) in [7, 11) is 0. The highest BCUT2D eigenvalue weighted by Gasteiger charge is 2.20. The first-order valence-corrected chi connectivity index (χ1v) is 7.80. The second kappa shape index (κ2) is 7.49. The lowest BCUT2D eigenvalue weighted by Gasteiger charge is -2.33. The number of hydrogen-bond donors (Lipinski definition) is 1. The Bertz CT molecular complexity index is 210. The summed E-state index contributed by atoms with van der Waals surface area (Å²) in [6.07, 6.45) is 4.09. The Morgan fingerprint density at radius 2 is 1.78 bits per heavy atom. The van der Waals surface area contributed by atoms with E-state index in [1.165, 1.54) is 52.0 Å². The van der Waals surface area contributed by atoms with Crippen molar-refractivity contribution >= 4 is 0 Å². The van der Waals surface area contributed by atoms with Crippen molar-refractivity contribution in [3.05, 3.63) is 0 Å². The Morgan fingerprint density at radius 1 is 1.17 bits per heavy atom. The van der Waals surface area contributed by atoms with Crippen molar-refractivity contribution in [1.82, 2.24) is 10.2 Å². The highest BCUT2D eigenvalue weighted by Crippen LogP contribution is 2.22. The van der Waals surface area contributed by atoms with Gasteiger partial charge < -0.3 is 10.2 Å². The lowest BCUT2D eigenvalue weighted by atomic mass is 9.91. The van der Waals surface area contributed by atoms with Crippen molar-refractivity contribution in [1.29, 1.82) is 0 Å². The number of hydrogen-bond acceptors (Lipinski definition) is 2. The fraction of sp³-hybridized carbons (Fsp3) is 1.00. The van der Waals surface area contributed by atoms with E-state index >= 15 is 0 Å². The fourth-order valence-corrected chi connectivity index (χ4v) is 2.48. The summed E-state index contributed by atoms with van der Waals surface area (Å²) in [6.45, 7) is 17.9. The lowest BCUT2D eigenvalue weighted by Crippen LogP contribution is -2.39. The minimum atomic E-state index is 0.482. The molecule has 0 amide bonds. The molecule has 1 heterocycles. The van der Waals surface area contributed by atoms with E-state index in [0.29, 0.717) is 5.41 Å². The molecule has 0 radical (unpaired) electrons. The average Bonchev–Trinajstić information content (AvgIpc) is 2.26. The van der Waals surface area contributed by atoms with E-state index in [-0.39, 0.29) is 0 Å². The summed E-state index contributed by atoms with van der Waals surface area (Å²) < 4.78 is 0. The van der Waals surface area contributed by atoms with Gasteiger partial charge in [-0.05, 0) is 69.2 Å². The zero-order valence-corrected chi connectivity index (χ0v) is 13.3. The van der Waals surface area contributed by atoms with Crippen LogP contribution >= 0.6 is 0 Å². The molecule has 108 valence electrons. The normalized spacial score (nSPS) is 19.7. The molecule has 2 nitrogen and oxygen atoms in total. The van der Waals surface area contributed by atoms with Crippen LogP contribution in [0.1, 0.15) is 53.9 Å². The van der Waals surface area contributed by atoms with Gasteiger partial charge in [0.05, 0.1) is 0 Å². The van der Waals surface area contributed by atoms with Crippen LogP contribution in [0, 0.1) is 17.3 Å².